The molecule has 0 atom stereocenters. The van der Waals surface area contributed by atoms with Gasteiger partial charge in [0.25, 0.3) is 0 Å². The second kappa shape index (κ2) is 13.3. The molecule has 110 valence electrons. The van der Waals surface area contributed by atoms with Gasteiger partial charge in [0, 0.05) is 6.54 Å². The van der Waals surface area contributed by atoms with Crippen molar-refractivity contribution in [2.45, 2.75) is 78.1 Å². The minimum Gasteiger partial charge on any atom is -0.773 e. The summed E-state index contributed by atoms with van der Waals surface area (Å²) in [6.07, 6.45) is 12.6. The van der Waals surface area contributed by atoms with Gasteiger partial charge in [0.2, 0.25) is 0 Å². The zero-order valence-electron chi connectivity index (χ0n) is 12.2. The molecule has 0 aliphatic carbocycles. The Morgan fingerprint density at radius 1 is 0.889 bits per heavy atom. The van der Waals surface area contributed by atoms with Gasteiger partial charge in [0.1, 0.15) is 0 Å². The van der Waals surface area contributed by atoms with Gasteiger partial charge < -0.3 is 10.8 Å². The molecule has 0 rings (SSSR count). The maximum absolute atomic E-state index is 9.99. The van der Waals surface area contributed by atoms with Crippen molar-refractivity contribution in [2.75, 3.05) is 6.54 Å². The Hall–Kier alpha value is -0.160. The predicted octanol–water partition coefficient (Wildman–Crippen LogP) is 4.24. The Kier molecular flexibility index (Phi) is 13.2. The van der Waals surface area contributed by atoms with Crippen LogP contribution in [0.15, 0.2) is 0 Å². The van der Waals surface area contributed by atoms with Crippen LogP contribution in [0.2, 0.25) is 0 Å². The smallest absolute Gasteiger partial charge is 0.0388 e. The third-order valence-corrected chi connectivity index (χ3v) is 3.26. The first-order chi connectivity index (χ1) is 8.66. The molecule has 4 nitrogen and oxygen atoms in total. The van der Waals surface area contributed by atoms with E-state index < -0.39 is 0 Å². The van der Waals surface area contributed by atoms with Crippen molar-refractivity contribution in [1.82, 2.24) is 10.8 Å². The third kappa shape index (κ3) is 13.9. The minimum atomic E-state index is 0.415. The number of nitrogens with zero attached hydrogens (tertiary/aromatic N) is 1. The summed E-state index contributed by atoms with van der Waals surface area (Å²) < 4.78 is 0. The van der Waals surface area contributed by atoms with Crippen LogP contribution >= 0.6 is 0 Å². The fourth-order valence-electron chi connectivity index (χ4n) is 2.10. The Balaban J connectivity index is 2.99. The normalized spacial score (nSPS) is 11.7. The zero-order chi connectivity index (χ0) is 13.6. The van der Waals surface area contributed by atoms with Crippen LogP contribution in [0.3, 0.4) is 0 Å². The maximum atomic E-state index is 9.99. The summed E-state index contributed by atoms with van der Waals surface area (Å²) in [5.74, 6) is 0.847. The van der Waals surface area contributed by atoms with E-state index in [1.54, 1.807) is 0 Å². The van der Waals surface area contributed by atoms with Gasteiger partial charge in [-0.15, -0.1) is 5.17 Å². The molecule has 0 spiro atoms. The first-order valence-corrected chi connectivity index (χ1v) is 7.51. The van der Waals surface area contributed by atoms with Crippen LogP contribution in [-0.4, -0.2) is 16.9 Å². The average molecular weight is 259 g/mol. The van der Waals surface area contributed by atoms with Gasteiger partial charge in [-0.3, -0.25) is 5.21 Å². The van der Waals surface area contributed by atoms with Crippen molar-refractivity contribution in [3.8, 4) is 0 Å². The molecule has 2 N–H and O–H groups in total. The lowest BCUT2D eigenvalue weighted by Crippen LogP contribution is -2.30. The summed E-state index contributed by atoms with van der Waals surface area (Å²) >= 11 is 0. The second-order valence-electron chi connectivity index (χ2n) is 5.58. The van der Waals surface area contributed by atoms with Crippen LogP contribution in [0.25, 0.3) is 0 Å². The summed E-state index contributed by atoms with van der Waals surface area (Å²) in [5, 5.41) is 19.4. The number of hydrazine groups is 1. The molecule has 18 heavy (non-hydrogen) atoms. The Bertz CT molecular complexity index is 166. The van der Waals surface area contributed by atoms with Crippen LogP contribution in [0.1, 0.15) is 78.1 Å². The van der Waals surface area contributed by atoms with Crippen molar-refractivity contribution in [1.29, 1.82) is 0 Å². The molecule has 0 aromatic rings. The Morgan fingerprint density at radius 3 is 1.78 bits per heavy atom. The van der Waals surface area contributed by atoms with Crippen molar-refractivity contribution < 1.29 is 5.21 Å². The van der Waals surface area contributed by atoms with E-state index in [1.165, 1.54) is 57.0 Å². The highest BCUT2D eigenvalue weighted by atomic mass is 16.7. The van der Waals surface area contributed by atoms with E-state index >= 15 is 0 Å². The first-order valence-electron chi connectivity index (χ1n) is 7.51. The van der Waals surface area contributed by atoms with Gasteiger partial charge in [-0.2, -0.15) is 0 Å². The van der Waals surface area contributed by atoms with Gasteiger partial charge in [0.15, 0.2) is 0 Å². The molecule has 0 aromatic heterocycles. The molecule has 0 radical (unpaired) electrons. The number of rotatable bonds is 13. The predicted molar refractivity (Wildman–Crippen MR) is 76.0 cm³/mol. The van der Waals surface area contributed by atoms with E-state index in [9.17, 15) is 5.21 Å². The summed E-state index contributed by atoms with van der Waals surface area (Å²) in [6, 6.07) is 0. The molecule has 0 aliphatic heterocycles. The fourth-order valence-corrected chi connectivity index (χ4v) is 2.10. The quantitative estimate of drug-likeness (QED) is 0.384. The molecular formula is C14H31N2O2-. The van der Waals surface area contributed by atoms with E-state index in [2.05, 4.69) is 13.8 Å². The summed E-state index contributed by atoms with van der Waals surface area (Å²) in [5.41, 5.74) is 1.44. The summed E-state index contributed by atoms with van der Waals surface area (Å²) in [7, 11) is 0. The highest BCUT2D eigenvalue weighted by Crippen LogP contribution is 2.12. The van der Waals surface area contributed by atoms with E-state index in [0.717, 1.165) is 18.8 Å². The number of nitrogens with one attached hydrogen (secondary N) is 1. The SMILES string of the molecule is CC(C)CCCCCCCCCCCN(O)N[O-]. The number of hydrogen-bond donors (Lipinski definition) is 2. The first kappa shape index (κ1) is 17.8. The van der Waals surface area contributed by atoms with Gasteiger partial charge in [0.05, 0.1) is 0 Å². The Labute approximate surface area is 112 Å². The molecule has 0 aliphatic rings. The largest absolute Gasteiger partial charge is 0.773 e. The van der Waals surface area contributed by atoms with E-state index in [4.69, 9.17) is 5.21 Å². The molecule has 0 saturated heterocycles. The highest BCUT2D eigenvalue weighted by molar-refractivity contribution is 4.50. The van der Waals surface area contributed by atoms with Crippen LogP contribution in [0, 0.1) is 11.1 Å². The molecular weight excluding hydrogens is 228 g/mol. The lowest BCUT2D eigenvalue weighted by Gasteiger charge is -2.18. The highest BCUT2D eigenvalue weighted by Gasteiger charge is 1.96. The standard InChI is InChI=1S/C14H31N2O2/c1-14(2)12-10-8-6-4-3-5-7-9-11-13-16(18)15-17/h14-15,18H,3-13H2,1-2H3/q-1. The molecule has 4 heteroatoms. The molecule has 0 unspecified atom stereocenters. The van der Waals surface area contributed by atoms with E-state index in [0.29, 0.717) is 11.7 Å². The molecule has 0 fully saturated rings. The average Bonchev–Trinajstić information content (AvgIpc) is 2.35. The van der Waals surface area contributed by atoms with Crippen molar-refractivity contribution >= 4 is 0 Å². The third-order valence-electron chi connectivity index (χ3n) is 3.26. The van der Waals surface area contributed by atoms with Crippen molar-refractivity contribution in [3.05, 3.63) is 5.21 Å². The molecule has 0 heterocycles. The summed E-state index contributed by atoms with van der Waals surface area (Å²) in [4.78, 5) is 0. The van der Waals surface area contributed by atoms with Crippen molar-refractivity contribution in [2.24, 2.45) is 5.92 Å². The minimum absolute atomic E-state index is 0.415. The van der Waals surface area contributed by atoms with Crippen LogP contribution < -0.4 is 5.59 Å². The fraction of sp³-hybridized carbons (Fsp3) is 1.00. The zero-order valence-corrected chi connectivity index (χ0v) is 12.2. The number of hydrogen-bond acceptors (Lipinski definition) is 4. The lowest BCUT2D eigenvalue weighted by atomic mass is 10.0. The van der Waals surface area contributed by atoms with Crippen LogP contribution in [0.5, 0.6) is 0 Å². The topological polar surface area (TPSA) is 58.6 Å². The maximum Gasteiger partial charge on any atom is 0.0388 e. The van der Waals surface area contributed by atoms with Gasteiger partial charge in [-0.05, 0) is 12.3 Å². The summed E-state index contributed by atoms with van der Waals surface area (Å²) in [6.45, 7) is 4.99. The Morgan fingerprint density at radius 2 is 1.33 bits per heavy atom. The van der Waals surface area contributed by atoms with Crippen molar-refractivity contribution in [3.63, 3.8) is 0 Å². The van der Waals surface area contributed by atoms with E-state index in [1.807, 2.05) is 0 Å². The van der Waals surface area contributed by atoms with Crippen LogP contribution in [-0.2, 0) is 0 Å². The second-order valence-corrected chi connectivity index (χ2v) is 5.58. The number of unbranched alkanes of at least 4 members (excludes halogenated alkanes) is 8. The van der Waals surface area contributed by atoms with Gasteiger partial charge in [-0.1, -0.05) is 71.6 Å². The van der Waals surface area contributed by atoms with E-state index in [-0.39, 0.29) is 0 Å². The van der Waals surface area contributed by atoms with Gasteiger partial charge in [-0.25, -0.2) is 0 Å². The molecule has 0 aromatic carbocycles. The number of hydroxylamine groups is 1. The molecule has 0 amide bonds. The lowest BCUT2D eigenvalue weighted by molar-refractivity contribution is -0.125. The van der Waals surface area contributed by atoms with Crippen LogP contribution in [0.4, 0.5) is 0 Å². The molecule has 0 bridgehead atoms. The molecule has 0 saturated carbocycles. The monoisotopic (exact) mass is 259 g/mol. The van der Waals surface area contributed by atoms with Gasteiger partial charge >= 0.3 is 0 Å².